The zero-order chi connectivity index (χ0) is 8.23. The van der Waals surface area contributed by atoms with Crippen molar-refractivity contribution in [2.45, 2.75) is 19.3 Å². The van der Waals surface area contributed by atoms with Gasteiger partial charge in [-0.15, -0.1) is 0 Å². The molecule has 0 saturated heterocycles. The van der Waals surface area contributed by atoms with Crippen molar-refractivity contribution in [3.63, 3.8) is 0 Å². The molecular weight excluding hydrogens is 144 g/mol. The first-order chi connectivity index (χ1) is 5.97. The molecule has 2 rings (SSSR count). The van der Waals surface area contributed by atoms with Crippen molar-refractivity contribution in [2.75, 3.05) is 0 Å². The smallest absolute Gasteiger partial charge is 0.00524 e. The number of hydrogen-bond acceptors (Lipinski definition) is 0. The highest BCUT2D eigenvalue weighted by Gasteiger charge is 2.09. The molecule has 0 fully saturated rings. The number of allylic oxidation sites excluding steroid dienone is 8. The molecule has 62 valence electrons. The molecule has 0 radical (unpaired) electrons. The summed E-state index contributed by atoms with van der Waals surface area (Å²) in [4.78, 5) is 0. The van der Waals surface area contributed by atoms with Crippen LogP contribution in [0.15, 0.2) is 48.1 Å². The monoisotopic (exact) mass is 158 g/mol. The fraction of sp³-hybridized carbons (Fsp3) is 0.333. The Balaban J connectivity index is 2.09. The molecule has 1 unspecified atom stereocenters. The van der Waals surface area contributed by atoms with Crippen LogP contribution in [0.25, 0.3) is 0 Å². The van der Waals surface area contributed by atoms with Gasteiger partial charge in [-0.2, -0.15) is 0 Å². The van der Waals surface area contributed by atoms with E-state index in [1.165, 1.54) is 24.8 Å². The Bertz CT molecular complexity index is 264. The van der Waals surface area contributed by atoms with Gasteiger partial charge in [-0.05, 0) is 24.8 Å². The Morgan fingerprint density at radius 3 is 2.75 bits per heavy atom. The van der Waals surface area contributed by atoms with Gasteiger partial charge in [0.25, 0.3) is 0 Å². The lowest BCUT2D eigenvalue weighted by atomic mass is 9.89. The summed E-state index contributed by atoms with van der Waals surface area (Å²) in [6, 6.07) is 0. The normalized spacial score (nSPS) is 27.3. The van der Waals surface area contributed by atoms with Crippen molar-refractivity contribution < 1.29 is 0 Å². The minimum atomic E-state index is 0.645. The van der Waals surface area contributed by atoms with Crippen molar-refractivity contribution in [2.24, 2.45) is 5.92 Å². The van der Waals surface area contributed by atoms with Gasteiger partial charge < -0.3 is 0 Å². The second-order valence-corrected chi connectivity index (χ2v) is 3.34. The maximum atomic E-state index is 2.37. The fourth-order valence-electron chi connectivity index (χ4n) is 1.74. The highest BCUT2D eigenvalue weighted by atomic mass is 14.1. The van der Waals surface area contributed by atoms with Crippen LogP contribution in [0.1, 0.15) is 19.3 Å². The SMILES string of the molecule is C1=CCC(C2=CCCC=C2)C=C1. The molecule has 2 aliphatic rings. The van der Waals surface area contributed by atoms with Gasteiger partial charge in [-0.3, -0.25) is 0 Å². The van der Waals surface area contributed by atoms with Gasteiger partial charge >= 0.3 is 0 Å². The summed E-state index contributed by atoms with van der Waals surface area (Å²) < 4.78 is 0. The maximum absolute atomic E-state index is 2.37. The largest absolute Gasteiger partial charge is 0.0839 e. The van der Waals surface area contributed by atoms with Gasteiger partial charge in [0, 0.05) is 5.92 Å². The lowest BCUT2D eigenvalue weighted by Crippen LogP contribution is -2.01. The molecule has 0 N–H and O–H groups in total. The zero-order valence-electron chi connectivity index (χ0n) is 7.24. The molecule has 0 aromatic rings. The first kappa shape index (κ1) is 7.60. The average molecular weight is 158 g/mol. The van der Waals surface area contributed by atoms with Crippen molar-refractivity contribution in [1.82, 2.24) is 0 Å². The molecule has 0 nitrogen and oxygen atoms in total. The number of hydrogen-bond donors (Lipinski definition) is 0. The number of rotatable bonds is 1. The first-order valence-electron chi connectivity index (χ1n) is 4.67. The zero-order valence-corrected chi connectivity index (χ0v) is 7.24. The van der Waals surface area contributed by atoms with Gasteiger partial charge in [0.05, 0.1) is 0 Å². The molecule has 0 saturated carbocycles. The van der Waals surface area contributed by atoms with E-state index in [1.54, 1.807) is 0 Å². The molecule has 0 bridgehead atoms. The van der Waals surface area contributed by atoms with Crippen LogP contribution in [0.2, 0.25) is 0 Å². The predicted octanol–water partition coefficient (Wildman–Crippen LogP) is 3.40. The molecule has 0 spiro atoms. The Morgan fingerprint density at radius 1 is 1.08 bits per heavy atom. The minimum absolute atomic E-state index is 0.645. The van der Waals surface area contributed by atoms with E-state index < -0.39 is 0 Å². The summed E-state index contributed by atoms with van der Waals surface area (Å²) in [5.74, 6) is 0.645. The summed E-state index contributed by atoms with van der Waals surface area (Å²) in [7, 11) is 0. The fourth-order valence-corrected chi connectivity index (χ4v) is 1.74. The van der Waals surface area contributed by atoms with Crippen LogP contribution in [0, 0.1) is 5.92 Å². The van der Waals surface area contributed by atoms with Gasteiger partial charge in [0.15, 0.2) is 0 Å². The molecule has 0 aromatic carbocycles. The van der Waals surface area contributed by atoms with E-state index >= 15 is 0 Å². The van der Waals surface area contributed by atoms with E-state index in [9.17, 15) is 0 Å². The van der Waals surface area contributed by atoms with Crippen molar-refractivity contribution in [3.05, 3.63) is 48.1 Å². The van der Waals surface area contributed by atoms with Gasteiger partial charge in [0.1, 0.15) is 0 Å². The summed E-state index contributed by atoms with van der Waals surface area (Å²) >= 11 is 0. The molecule has 0 amide bonds. The van der Waals surface area contributed by atoms with E-state index in [0.29, 0.717) is 5.92 Å². The van der Waals surface area contributed by atoms with Crippen molar-refractivity contribution >= 4 is 0 Å². The molecule has 0 aliphatic heterocycles. The van der Waals surface area contributed by atoms with Crippen LogP contribution in [-0.4, -0.2) is 0 Å². The summed E-state index contributed by atoms with van der Waals surface area (Å²) in [5, 5.41) is 0. The van der Waals surface area contributed by atoms with E-state index in [-0.39, 0.29) is 0 Å². The molecule has 1 atom stereocenters. The third kappa shape index (κ3) is 1.58. The second kappa shape index (κ2) is 3.57. The standard InChI is InChI=1S/C12H14/c1-3-7-11(8-4-1)12-9-5-2-6-10-12/h1,3-5,7,9-11H,2,6,8H2. The maximum Gasteiger partial charge on any atom is 0.00524 e. The minimum Gasteiger partial charge on any atom is -0.0839 e. The van der Waals surface area contributed by atoms with Gasteiger partial charge in [0.2, 0.25) is 0 Å². The molecular formula is C12H14. The third-order valence-electron chi connectivity index (χ3n) is 2.43. The lowest BCUT2D eigenvalue weighted by molar-refractivity contribution is 0.770. The lowest BCUT2D eigenvalue weighted by Gasteiger charge is -2.16. The Labute approximate surface area is 74.0 Å². The quantitative estimate of drug-likeness (QED) is 0.548. The molecule has 0 aromatic heterocycles. The molecule has 0 heteroatoms. The Morgan fingerprint density at radius 2 is 2.08 bits per heavy atom. The third-order valence-corrected chi connectivity index (χ3v) is 2.43. The average Bonchev–Trinajstić information content (AvgIpc) is 2.21. The van der Waals surface area contributed by atoms with Crippen LogP contribution in [-0.2, 0) is 0 Å². The molecule has 12 heavy (non-hydrogen) atoms. The van der Waals surface area contributed by atoms with E-state index in [2.05, 4.69) is 42.5 Å². The van der Waals surface area contributed by atoms with Crippen LogP contribution < -0.4 is 0 Å². The molecule has 2 aliphatic carbocycles. The van der Waals surface area contributed by atoms with Crippen LogP contribution in [0.4, 0.5) is 0 Å². The first-order valence-corrected chi connectivity index (χ1v) is 4.67. The highest BCUT2D eigenvalue weighted by Crippen LogP contribution is 2.24. The second-order valence-electron chi connectivity index (χ2n) is 3.34. The summed E-state index contributed by atoms with van der Waals surface area (Å²) in [5.41, 5.74) is 1.50. The van der Waals surface area contributed by atoms with E-state index in [1.807, 2.05) is 0 Å². The Hall–Kier alpha value is -1.04. The highest BCUT2D eigenvalue weighted by molar-refractivity contribution is 5.31. The van der Waals surface area contributed by atoms with Crippen molar-refractivity contribution in [3.8, 4) is 0 Å². The topological polar surface area (TPSA) is 0 Å². The van der Waals surface area contributed by atoms with E-state index in [0.717, 1.165) is 0 Å². The predicted molar refractivity (Wildman–Crippen MR) is 52.8 cm³/mol. The van der Waals surface area contributed by atoms with Gasteiger partial charge in [-0.1, -0.05) is 42.5 Å². The van der Waals surface area contributed by atoms with Gasteiger partial charge in [-0.25, -0.2) is 0 Å². The van der Waals surface area contributed by atoms with Crippen LogP contribution in [0.3, 0.4) is 0 Å². The Kier molecular flexibility index (Phi) is 2.26. The van der Waals surface area contributed by atoms with Crippen molar-refractivity contribution in [1.29, 1.82) is 0 Å². The molecule has 0 heterocycles. The summed E-state index contributed by atoms with van der Waals surface area (Å²) in [6.07, 6.45) is 19.4. The van der Waals surface area contributed by atoms with E-state index in [4.69, 9.17) is 0 Å². The van der Waals surface area contributed by atoms with Crippen LogP contribution >= 0.6 is 0 Å². The summed E-state index contributed by atoms with van der Waals surface area (Å²) in [6.45, 7) is 0. The van der Waals surface area contributed by atoms with Crippen LogP contribution in [0.5, 0.6) is 0 Å².